The van der Waals surface area contributed by atoms with Crippen molar-refractivity contribution in [2.75, 3.05) is 10.6 Å². The molecule has 0 saturated carbocycles. The molecule has 0 unspecified atom stereocenters. The maximum Gasteiger partial charge on any atom is 0.259 e. The molecule has 0 heterocycles. The van der Waals surface area contributed by atoms with E-state index in [1.165, 1.54) is 12.1 Å². The number of hydrogen-bond acceptors (Lipinski definition) is 4. The van der Waals surface area contributed by atoms with Gasteiger partial charge >= 0.3 is 0 Å². The Labute approximate surface area is 150 Å². The van der Waals surface area contributed by atoms with Gasteiger partial charge in [-0.2, -0.15) is 0 Å². The van der Waals surface area contributed by atoms with Crippen LogP contribution in [0.3, 0.4) is 0 Å². The molecule has 0 aliphatic heterocycles. The zero-order valence-electron chi connectivity index (χ0n) is 13.7. The van der Waals surface area contributed by atoms with Gasteiger partial charge < -0.3 is 20.5 Å². The summed E-state index contributed by atoms with van der Waals surface area (Å²) in [5.74, 6) is 0.266. The van der Waals surface area contributed by atoms with Crippen LogP contribution >= 0.6 is 0 Å². The third kappa shape index (κ3) is 3.81. The molecule has 0 radical (unpaired) electrons. The minimum atomic E-state index is -0.527. The lowest BCUT2D eigenvalue weighted by Gasteiger charge is -2.13. The van der Waals surface area contributed by atoms with Gasteiger partial charge in [-0.15, -0.1) is 0 Å². The fourth-order valence-corrected chi connectivity index (χ4v) is 2.37. The van der Waals surface area contributed by atoms with Crippen LogP contribution in [0.5, 0.6) is 17.2 Å². The summed E-state index contributed by atoms with van der Waals surface area (Å²) in [6.45, 7) is 0. The zero-order chi connectivity index (χ0) is 18.4. The van der Waals surface area contributed by atoms with Gasteiger partial charge in [-0.05, 0) is 36.4 Å². The SMILES string of the molecule is O=CNc1cccc(C(=O)Nc2ccccc2Oc2ccccc2)c1O. The average Bonchev–Trinajstić information content (AvgIpc) is 2.66. The van der Waals surface area contributed by atoms with Crippen molar-refractivity contribution in [2.24, 2.45) is 0 Å². The van der Waals surface area contributed by atoms with Gasteiger partial charge in [-0.3, -0.25) is 9.59 Å². The summed E-state index contributed by atoms with van der Waals surface area (Å²) in [5.41, 5.74) is 0.641. The zero-order valence-corrected chi connectivity index (χ0v) is 13.7. The molecular weight excluding hydrogens is 332 g/mol. The molecular formula is C20H16N2O4. The topological polar surface area (TPSA) is 87.7 Å². The van der Waals surface area contributed by atoms with Crippen molar-refractivity contribution in [1.29, 1.82) is 0 Å². The van der Waals surface area contributed by atoms with Crippen molar-refractivity contribution >= 4 is 23.7 Å². The van der Waals surface area contributed by atoms with Crippen LogP contribution < -0.4 is 15.4 Å². The predicted octanol–water partition coefficient (Wildman–Crippen LogP) is 4.01. The van der Waals surface area contributed by atoms with Crippen LogP contribution in [-0.2, 0) is 4.79 Å². The molecule has 0 atom stereocenters. The highest BCUT2D eigenvalue weighted by molar-refractivity contribution is 6.08. The summed E-state index contributed by atoms with van der Waals surface area (Å²) in [6, 6.07) is 20.7. The van der Waals surface area contributed by atoms with Gasteiger partial charge in [0.1, 0.15) is 5.75 Å². The minimum Gasteiger partial charge on any atom is -0.505 e. The lowest BCUT2D eigenvalue weighted by Crippen LogP contribution is -2.13. The third-order valence-electron chi connectivity index (χ3n) is 3.60. The first-order valence-electron chi connectivity index (χ1n) is 7.84. The molecule has 0 bridgehead atoms. The normalized spacial score (nSPS) is 10.0. The molecule has 3 rings (SSSR count). The van der Waals surface area contributed by atoms with Gasteiger partial charge in [0.05, 0.1) is 16.9 Å². The lowest BCUT2D eigenvalue weighted by molar-refractivity contribution is -0.105. The van der Waals surface area contributed by atoms with Crippen molar-refractivity contribution in [2.45, 2.75) is 0 Å². The van der Waals surface area contributed by atoms with E-state index < -0.39 is 5.91 Å². The van der Waals surface area contributed by atoms with Crippen LogP contribution in [0.15, 0.2) is 72.8 Å². The van der Waals surface area contributed by atoms with Crippen molar-refractivity contribution in [3.8, 4) is 17.2 Å². The maximum absolute atomic E-state index is 12.6. The fourth-order valence-electron chi connectivity index (χ4n) is 2.37. The highest BCUT2D eigenvalue weighted by Gasteiger charge is 2.16. The largest absolute Gasteiger partial charge is 0.505 e. The number of aromatic hydroxyl groups is 1. The number of carbonyl (C=O) groups is 2. The fraction of sp³-hybridized carbons (Fsp3) is 0. The average molecular weight is 348 g/mol. The lowest BCUT2D eigenvalue weighted by atomic mass is 10.1. The number of para-hydroxylation sites is 4. The molecule has 26 heavy (non-hydrogen) atoms. The summed E-state index contributed by atoms with van der Waals surface area (Å²) < 4.78 is 5.80. The molecule has 6 heteroatoms. The van der Waals surface area contributed by atoms with Crippen LogP contribution in [0.2, 0.25) is 0 Å². The van der Waals surface area contributed by atoms with E-state index in [0.717, 1.165) is 0 Å². The number of amides is 2. The van der Waals surface area contributed by atoms with Crippen LogP contribution in [-0.4, -0.2) is 17.4 Å². The number of phenols is 1. The second-order valence-electron chi connectivity index (χ2n) is 5.33. The number of nitrogens with one attached hydrogen (secondary N) is 2. The summed E-state index contributed by atoms with van der Waals surface area (Å²) in [4.78, 5) is 23.1. The molecule has 6 nitrogen and oxygen atoms in total. The van der Waals surface area contributed by atoms with Crippen molar-refractivity contribution in [3.05, 3.63) is 78.4 Å². The van der Waals surface area contributed by atoms with E-state index in [-0.39, 0.29) is 17.0 Å². The van der Waals surface area contributed by atoms with Crippen LogP contribution in [0.4, 0.5) is 11.4 Å². The number of hydrogen-bond donors (Lipinski definition) is 3. The number of ether oxygens (including phenoxy) is 1. The summed E-state index contributed by atoms with van der Waals surface area (Å²) in [5, 5.41) is 15.2. The van der Waals surface area contributed by atoms with Crippen LogP contribution in [0.25, 0.3) is 0 Å². The Kier molecular flexibility index (Phi) is 5.14. The van der Waals surface area contributed by atoms with Gasteiger partial charge in [-0.25, -0.2) is 0 Å². The number of carbonyl (C=O) groups excluding carboxylic acids is 2. The number of rotatable bonds is 6. The standard InChI is InChI=1S/C20H16N2O4/c23-13-21-17-11-6-9-15(19(17)24)20(25)22-16-10-4-5-12-18(16)26-14-7-2-1-3-8-14/h1-13,24H,(H,21,23)(H,22,25). The van der Waals surface area contributed by atoms with Gasteiger partial charge in [0.25, 0.3) is 5.91 Å². The predicted molar refractivity (Wildman–Crippen MR) is 98.7 cm³/mol. The number of anilines is 2. The Morgan fingerprint density at radius 3 is 2.35 bits per heavy atom. The number of benzene rings is 3. The first-order chi connectivity index (χ1) is 12.7. The molecule has 0 aromatic heterocycles. The Morgan fingerprint density at radius 2 is 1.58 bits per heavy atom. The van der Waals surface area contributed by atoms with Gasteiger partial charge in [0, 0.05) is 0 Å². The molecule has 3 N–H and O–H groups in total. The highest BCUT2D eigenvalue weighted by Crippen LogP contribution is 2.31. The molecule has 3 aromatic rings. The summed E-state index contributed by atoms with van der Waals surface area (Å²) >= 11 is 0. The maximum atomic E-state index is 12.6. The molecule has 0 aliphatic carbocycles. The van der Waals surface area contributed by atoms with Crippen molar-refractivity contribution < 1.29 is 19.4 Å². The quantitative estimate of drug-likeness (QED) is 0.464. The first-order valence-corrected chi connectivity index (χ1v) is 7.84. The van der Waals surface area contributed by atoms with Gasteiger partial charge in [-0.1, -0.05) is 36.4 Å². The second-order valence-corrected chi connectivity index (χ2v) is 5.33. The third-order valence-corrected chi connectivity index (χ3v) is 3.60. The molecule has 3 aromatic carbocycles. The second kappa shape index (κ2) is 7.85. The summed E-state index contributed by atoms with van der Waals surface area (Å²) in [6.07, 6.45) is 0.430. The Hall–Kier alpha value is -3.80. The van der Waals surface area contributed by atoms with E-state index in [4.69, 9.17) is 4.74 Å². The molecule has 130 valence electrons. The summed E-state index contributed by atoms with van der Waals surface area (Å²) in [7, 11) is 0. The Morgan fingerprint density at radius 1 is 0.885 bits per heavy atom. The molecule has 0 saturated heterocycles. The molecule has 0 spiro atoms. The molecule has 2 amide bonds. The van der Waals surface area contributed by atoms with Gasteiger partial charge in [0.2, 0.25) is 6.41 Å². The van der Waals surface area contributed by atoms with E-state index in [2.05, 4.69) is 10.6 Å². The van der Waals surface area contributed by atoms with E-state index >= 15 is 0 Å². The van der Waals surface area contributed by atoms with Gasteiger partial charge in [0.15, 0.2) is 11.5 Å². The Balaban J connectivity index is 1.84. The smallest absolute Gasteiger partial charge is 0.259 e. The van der Waals surface area contributed by atoms with E-state index in [9.17, 15) is 14.7 Å². The van der Waals surface area contributed by atoms with Crippen LogP contribution in [0.1, 0.15) is 10.4 Å². The van der Waals surface area contributed by atoms with Crippen molar-refractivity contribution in [1.82, 2.24) is 0 Å². The van der Waals surface area contributed by atoms with E-state index in [1.54, 1.807) is 42.5 Å². The molecule has 0 aliphatic rings. The Bertz CT molecular complexity index is 926. The minimum absolute atomic E-state index is 0.0337. The monoisotopic (exact) mass is 348 g/mol. The van der Waals surface area contributed by atoms with E-state index in [0.29, 0.717) is 23.6 Å². The first kappa shape index (κ1) is 17.0. The number of phenolic OH excluding ortho intramolecular Hbond substituents is 1. The van der Waals surface area contributed by atoms with E-state index in [1.807, 2.05) is 18.2 Å². The molecule has 0 fully saturated rings. The highest BCUT2D eigenvalue weighted by atomic mass is 16.5. The van der Waals surface area contributed by atoms with Crippen LogP contribution in [0, 0.1) is 0 Å². The van der Waals surface area contributed by atoms with Crippen molar-refractivity contribution in [3.63, 3.8) is 0 Å².